The van der Waals surface area contributed by atoms with Crippen LogP contribution in [0.1, 0.15) is 38.5 Å². The molecule has 1 aliphatic rings. The summed E-state index contributed by atoms with van der Waals surface area (Å²) in [5.74, 6) is 0.138. The van der Waals surface area contributed by atoms with Crippen LogP contribution in [-0.2, 0) is 27.7 Å². The molecule has 0 spiro atoms. The van der Waals surface area contributed by atoms with Gasteiger partial charge in [0.2, 0.25) is 5.91 Å². The number of amides is 1. The number of carbonyl (C=O) groups is 1. The van der Waals surface area contributed by atoms with Crippen molar-refractivity contribution in [3.63, 3.8) is 0 Å². The topological polar surface area (TPSA) is 116 Å². The van der Waals surface area contributed by atoms with E-state index >= 15 is 0 Å². The van der Waals surface area contributed by atoms with E-state index in [2.05, 4.69) is 5.32 Å². The lowest BCUT2D eigenvalue weighted by atomic mass is 10.0. The summed E-state index contributed by atoms with van der Waals surface area (Å²) >= 11 is 0. The highest BCUT2D eigenvalue weighted by molar-refractivity contribution is 7.92. The Morgan fingerprint density at radius 3 is 2.39 bits per heavy atom. The van der Waals surface area contributed by atoms with Crippen LogP contribution >= 0.6 is 0 Å². The highest BCUT2D eigenvalue weighted by atomic mass is 32.2. The minimum atomic E-state index is -3.29. The summed E-state index contributed by atoms with van der Waals surface area (Å²) in [6, 6.07) is 13.4. The molecule has 36 heavy (non-hydrogen) atoms. The zero-order valence-electron chi connectivity index (χ0n) is 20.3. The van der Waals surface area contributed by atoms with Crippen molar-refractivity contribution in [1.82, 2.24) is 9.13 Å². The van der Waals surface area contributed by atoms with Gasteiger partial charge in [-0.05, 0) is 55.7 Å². The maximum absolute atomic E-state index is 13.3. The molecule has 0 bridgehead atoms. The van der Waals surface area contributed by atoms with Crippen LogP contribution in [0.4, 0.5) is 5.69 Å². The van der Waals surface area contributed by atoms with E-state index < -0.39 is 27.0 Å². The van der Waals surface area contributed by atoms with Gasteiger partial charge in [-0.3, -0.25) is 18.7 Å². The first-order valence-corrected chi connectivity index (χ1v) is 13.9. The van der Waals surface area contributed by atoms with Gasteiger partial charge in [-0.2, -0.15) is 0 Å². The number of benzene rings is 2. The third kappa shape index (κ3) is 5.70. The molecule has 3 aromatic rings. The molecular formula is C26H31N3O6S. The largest absolute Gasteiger partial charge is 0.497 e. The van der Waals surface area contributed by atoms with E-state index in [9.17, 15) is 22.8 Å². The molecule has 1 aromatic heterocycles. The number of hydrogen-bond donors (Lipinski definition) is 1. The van der Waals surface area contributed by atoms with Gasteiger partial charge >= 0.3 is 5.69 Å². The average Bonchev–Trinajstić information content (AvgIpc) is 2.89. The van der Waals surface area contributed by atoms with Crippen molar-refractivity contribution >= 4 is 32.3 Å². The van der Waals surface area contributed by atoms with Crippen molar-refractivity contribution in [1.29, 1.82) is 0 Å². The maximum Gasteiger partial charge on any atom is 0.331 e. The number of carbonyl (C=O) groups excluding carboxylic acids is 1. The number of para-hydroxylation sites is 1. The molecule has 192 valence electrons. The molecule has 0 radical (unpaired) electrons. The lowest BCUT2D eigenvalue weighted by Gasteiger charge is -2.21. The molecule has 1 amide bonds. The van der Waals surface area contributed by atoms with Gasteiger partial charge in [0.15, 0.2) is 9.84 Å². The first kappa shape index (κ1) is 25.7. The number of ether oxygens (including phenoxy) is 1. The average molecular weight is 514 g/mol. The first-order valence-electron chi connectivity index (χ1n) is 12.2. The Morgan fingerprint density at radius 1 is 1.00 bits per heavy atom. The lowest BCUT2D eigenvalue weighted by Crippen LogP contribution is -2.42. The molecule has 10 heteroatoms. The number of fused-ring (bicyclic) bond motifs is 1. The van der Waals surface area contributed by atoms with Gasteiger partial charge < -0.3 is 10.1 Å². The number of methoxy groups -OCH3 is 1. The molecule has 0 aliphatic heterocycles. The number of aromatic nitrogens is 2. The van der Waals surface area contributed by atoms with Crippen LogP contribution in [-0.4, -0.2) is 41.6 Å². The summed E-state index contributed by atoms with van der Waals surface area (Å²) in [5.41, 5.74) is -0.237. The van der Waals surface area contributed by atoms with Gasteiger partial charge in [0.1, 0.15) is 12.3 Å². The SMILES string of the molecule is COc1ccc(NC(=O)Cn2c(=O)n(CCCS(=O)(=O)C3CCCCC3)c(=O)c3ccccc32)cc1. The molecular weight excluding hydrogens is 482 g/mol. The highest BCUT2D eigenvalue weighted by Gasteiger charge is 2.27. The predicted molar refractivity (Wildman–Crippen MR) is 139 cm³/mol. The molecule has 4 rings (SSSR count). The summed E-state index contributed by atoms with van der Waals surface area (Å²) in [6.45, 7) is -0.333. The molecule has 1 heterocycles. The summed E-state index contributed by atoms with van der Waals surface area (Å²) in [7, 11) is -1.74. The molecule has 1 N–H and O–H groups in total. The van der Waals surface area contributed by atoms with E-state index in [0.717, 1.165) is 23.8 Å². The molecule has 9 nitrogen and oxygen atoms in total. The Hall–Kier alpha value is -3.40. The van der Waals surface area contributed by atoms with E-state index in [4.69, 9.17) is 4.74 Å². The summed E-state index contributed by atoms with van der Waals surface area (Å²) in [6.07, 6.45) is 4.39. The third-order valence-corrected chi connectivity index (χ3v) is 9.02. The van der Waals surface area contributed by atoms with Crippen molar-refractivity contribution < 1.29 is 17.9 Å². The molecule has 0 atom stereocenters. The summed E-state index contributed by atoms with van der Waals surface area (Å²) < 4.78 is 32.9. The monoisotopic (exact) mass is 513 g/mol. The van der Waals surface area contributed by atoms with Gasteiger partial charge in [0.05, 0.1) is 29.0 Å². The Labute approximate surface area is 209 Å². The van der Waals surface area contributed by atoms with Crippen molar-refractivity contribution in [3.8, 4) is 5.75 Å². The van der Waals surface area contributed by atoms with Gasteiger partial charge in [-0.15, -0.1) is 0 Å². The van der Waals surface area contributed by atoms with E-state index in [1.807, 2.05) is 0 Å². The normalized spacial score (nSPS) is 14.6. The van der Waals surface area contributed by atoms with Crippen LogP contribution in [0.3, 0.4) is 0 Å². The highest BCUT2D eigenvalue weighted by Crippen LogP contribution is 2.24. The number of hydrogen-bond acceptors (Lipinski definition) is 6. The first-order chi connectivity index (χ1) is 17.3. The van der Waals surface area contributed by atoms with E-state index in [1.54, 1.807) is 55.6 Å². The fourth-order valence-corrected chi connectivity index (χ4v) is 6.67. The Balaban J connectivity index is 1.56. The molecule has 1 aliphatic carbocycles. The van der Waals surface area contributed by atoms with Crippen LogP contribution in [0.2, 0.25) is 0 Å². The van der Waals surface area contributed by atoms with Crippen molar-refractivity contribution in [2.24, 2.45) is 0 Å². The van der Waals surface area contributed by atoms with Crippen LogP contribution in [0, 0.1) is 0 Å². The molecule has 0 unspecified atom stereocenters. The second kappa shape index (κ2) is 11.1. The Bertz CT molecular complexity index is 1450. The molecule has 1 fully saturated rings. The number of anilines is 1. The second-order valence-corrected chi connectivity index (χ2v) is 11.5. The van der Waals surface area contributed by atoms with Crippen molar-refractivity contribution in [2.45, 2.75) is 56.9 Å². The fourth-order valence-electron chi connectivity index (χ4n) is 4.75. The minimum Gasteiger partial charge on any atom is -0.497 e. The van der Waals surface area contributed by atoms with Gasteiger partial charge in [-0.1, -0.05) is 31.4 Å². The summed E-state index contributed by atoms with van der Waals surface area (Å²) in [5, 5.41) is 2.71. The van der Waals surface area contributed by atoms with Crippen molar-refractivity contribution in [2.75, 3.05) is 18.2 Å². The van der Waals surface area contributed by atoms with Crippen LogP contribution < -0.4 is 21.3 Å². The maximum atomic E-state index is 13.3. The number of nitrogens with zero attached hydrogens (tertiary/aromatic N) is 2. The number of rotatable bonds is 9. The number of nitrogens with one attached hydrogen (secondary N) is 1. The summed E-state index contributed by atoms with van der Waals surface area (Å²) in [4.78, 5) is 39.2. The van der Waals surface area contributed by atoms with Crippen LogP contribution in [0.5, 0.6) is 5.75 Å². The Kier molecular flexibility index (Phi) is 7.93. The van der Waals surface area contributed by atoms with Gasteiger partial charge in [0.25, 0.3) is 5.56 Å². The lowest BCUT2D eigenvalue weighted by molar-refractivity contribution is -0.116. The zero-order chi connectivity index (χ0) is 25.7. The van der Waals surface area contributed by atoms with E-state index in [1.165, 1.54) is 4.57 Å². The van der Waals surface area contributed by atoms with Crippen LogP contribution in [0.15, 0.2) is 58.1 Å². The van der Waals surface area contributed by atoms with E-state index in [0.29, 0.717) is 35.2 Å². The van der Waals surface area contributed by atoms with Gasteiger partial charge in [-0.25, -0.2) is 13.2 Å². The zero-order valence-corrected chi connectivity index (χ0v) is 21.1. The number of sulfone groups is 1. The van der Waals surface area contributed by atoms with Crippen molar-refractivity contribution in [3.05, 3.63) is 69.4 Å². The van der Waals surface area contributed by atoms with Gasteiger partial charge in [0, 0.05) is 12.2 Å². The minimum absolute atomic E-state index is 0.0332. The standard InChI is InChI=1S/C26H31N3O6S/c1-35-20-14-12-19(13-15-20)27-24(30)18-29-23-11-6-5-10-22(23)25(31)28(26(29)32)16-7-17-36(33,34)21-8-3-2-4-9-21/h5-6,10-15,21H,2-4,7-9,16-18H2,1H3,(H,27,30). The predicted octanol–water partition coefficient (Wildman–Crippen LogP) is 2.95. The fraction of sp³-hybridized carbons (Fsp3) is 0.423. The van der Waals surface area contributed by atoms with E-state index in [-0.39, 0.29) is 30.5 Å². The molecule has 1 saturated carbocycles. The third-order valence-electron chi connectivity index (χ3n) is 6.68. The smallest absolute Gasteiger partial charge is 0.331 e. The van der Waals surface area contributed by atoms with Crippen LogP contribution in [0.25, 0.3) is 10.9 Å². The molecule has 2 aromatic carbocycles. The Morgan fingerprint density at radius 2 is 1.69 bits per heavy atom. The molecule has 0 saturated heterocycles. The quantitative estimate of drug-likeness (QED) is 0.470. The second-order valence-electron chi connectivity index (χ2n) is 9.10.